The number of nitrogens with zero attached hydrogens (tertiary/aromatic N) is 1. The van der Waals surface area contributed by atoms with Crippen LogP contribution in [0.4, 0.5) is 13.2 Å². The van der Waals surface area contributed by atoms with Gasteiger partial charge < -0.3 is 9.45 Å². The number of hydrogen-bond acceptors (Lipinski definition) is 4. The van der Waals surface area contributed by atoms with Gasteiger partial charge in [0.1, 0.15) is 6.20 Å². The lowest BCUT2D eigenvalue weighted by molar-refractivity contribution is -0.849. The van der Waals surface area contributed by atoms with Crippen molar-refractivity contribution in [3.63, 3.8) is 0 Å². The normalized spacial score (nSPS) is 19.3. The molecular formula is C10H19F3N2O3S. The Morgan fingerprint density at radius 2 is 1.89 bits per heavy atom. The third kappa shape index (κ3) is 7.38. The average molecular weight is 304 g/mol. The molecule has 1 heterocycles. The molecule has 0 fully saturated rings. The number of nitrogens with one attached hydrogen (secondary N) is 1. The van der Waals surface area contributed by atoms with Gasteiger partial charge >= 0.3 is 5.51 Å². The Kier molecular flexibility index (Phi) is 7.38. The summed E-state index contributed by atoms with van der Waals surface area (Å²) in [5.41, 5.74) is -5.65. The Hall–Kier alpha value is -0.800. The van der Waals surface area contributed by atoms with Gasteiger partial charge in [-0.05, 0) is 13.3 Å². The van der Waals surface area contributed by atoms with Crippen molar-refractivity contribution in [2.75, 3.05) is 19.8 Å². The van der Waals surface area contributed by atoms with Crippen LogP contribution < -0.4 is 4.90 Å². The van der Waals surface area contributed by atoms with E-state index < -0.39 is 15.6 Å². The molecule has 0 aromatic carbocycles. The van der Waals surface area contributed by atoms with Crippen LogP contribution in [-0.2, 0) is 10.1 Å². The molecule has 9 heteroatoms. The van der Waals surface area contributed by atoms with E-state index in [1.165, 1.54) is 26.1 Å². The predicted molar refractivity (Wildman–Crippen MR) is 62.9 cm³/mol. The summed E-state index contributed by atoms with van der Waals surface area (Å²) < 4.78 is 58.9. The van der Waals surface area contributed by atoms with Crippen molar-refractivity contribution in [1.82, 2.24) is 4.90 Å². The summed E-state index contributed by atoms with van der Waals surface area (Å²) in [5, 5.41) is 0. The highest BCUT2D eigenvalue weighted by Crippen LogP contribution is 2.20. The summed E-state index contributed by atoms with van der Waals surface area (Å²) in [6.45, 7) is 8.07. The zero-order valence-electron chi connectivity index (χ0n) is 10.9. The van der Waals surface area contributed by atoms with Crippen molar-refractivity contribution in [1.29, 1.82) is 0 Å². The molecule has 0 aromatic rings. The van der Waals surface area contributed by atoms with Gasteiger partial charge in [0, 0.05) is 6.54 Å². The van der Waals surface area contributed by atoms with E-state index in [1.54, 1.807) is 4.90 Å². The van der Waals surface area contributed by atoms with Gasteiger partial charge in [0.2, 0.25) is 0 Å². The Morgan fingerprint density at radius 3 is 2.21 bits per heavy atom. The van der Waals surface area contributed by atoms with Crippen molar-refractivity contribution in [2.24, 2.45) is 0 Å². The fourth-order valence-corrected chi connectivity index (χ4v) is 1.36. The van der Waals surface area contributed by atoms with Gasteiger partial charge in [-0.2, -0.15) is 13.2 Å². The van der Waals surface area contributed by atoms with E-state index in [0.29, 0.717) is 0 Å². The highest BCUT2D eigenvalue weighted by Gasteiger charge is 2.36. The Bertz CT molecular complexity index is 382. The Morgan fingerprint density at radius 1 is 1.37 bits per heavy atom. The molecule has 0 aliphatic carbocycles. The molecule has 0 radical (unpaired) electrons. The van der Waals surface area contributed by atoms with Crippen LogP contribution in [0.25, 0.3) is 0 Å². The lowest BCUT2D eigenvalue weighted by atomic mass is 10.3. The Balaban J connectivity index is 0.000000362. The van der Waals surface area contributed by atoms with Gasteiger partial charge in [0.25, 0.3) is 0 Å². The predicted octanol–water partition coefficient (Wildman–Crippen LogP) is 0.487. The van der Waals surface area contributed by atoms with Crippen molar-refractivity contribution < 1.29 is 31.0 Å². The SMILES string of the molecule is CCCC[NH+]1C=CN(CC)C1.O=S(=O)([O-])C(F)(F)F. The molecule has 0 saturated carbocycles. The molecule has 1 atom stereocenters. The summed E-state index contributed by atoms with van der Waals surface area (Å²) in [5.74, 6) is 0. The van der Waals surface area contributed by atoms with Gasteiger partial charge in [-0.25, -0.2) is 8.42 Å². The van der Waals surface area contributed by atoms with E-state index in [-0.39, 0.29) is 0 Å². The molecule has 1 aliphatic heterocycles. The summed E-state index contributed by atoms with van der Waals surface area (Å²) in [6.07, 6.45) is 7.14. The molecule has 0 amide bonds. The molecular weight excluding hydrogens is 285 g/mol. The zero-order chi connectivity index (χ0) is 15.1. The van der Waals surface area contributed by atoms with E-state index in [0.717, 1.165) is 6.54 Å². The van der Waals surface area contributed by atoms with E-state index in [2.05, 4.69) is 31.1 Å². The minimum absolute atomic E-state index is 1.14. The van der Waals surface area contributed by atoms with Crippen molar-refractivity contribution in [2.45, 2.75) is 32.2 Å². The lowest BCUT2D eigenvalue weighted by Gasteiger charge is -2.14. The van der Waals surface area contributed by atoms with Crippen LogP contribution in [0.3, 0.4) is 0 Å². The molecule has 1 aliphatic rings. The van der Waals surface area contributed by atoms with E-state index in [9.17, 15) is 13.2 Å². The second-order valence-electron chi connectivity index (χ2n) is 4.04. The molecule has 0 spiro atoms. The largest absolute Gasteiger partial charge is 0.741 e. The minimum Gasteiger partial charge on any atom is -0.741 e. The lowest BCUT2D eigenvalue weighted by Crippen LogP contribution is -3.07. The summed E-state index contributed by atoms with van der Waals surface area (Å²) >= 11 is 0. The molecule has 0 aromatic heterocycles. The topological polar surface area (TPSA) is 64.9 Å². The maximum absolute atomic E-state index is 10.7. The molecule has 0 saturated heterocycles. The molecule has 0 bridgehead atoms. The maximum Gasteiger partial charge on any atom is 0.485 e. The number of unbranched alkanes of at least 4 members (excludes halogenated alkanes) is 1. The van der Waals surface area contributed by atoms with Crippen LogP contribution in [0.5, 0.6) is 0 Å². The molecule has 1 unspecified atom stereocenters. The van der Waals surface area contributed by atoms with E-state index in [1.807, 2.05) is 0 Å². The minimum atomic E-state index is -6.09. The Labute approximate surface area is 111 Å². The van der Waals surface area contributed by atoms with Gasteiger partial charge in [-0.3, -0.25) is 4.90 Å². The third-order valence-corrected chi connectivity index (χ3v) is 3.04. The van der Waals surface area contributed by atoms with Crippen molar-refractivity contribution in [3.05, 3.63) is 12.4 Å². The number of halogens is 3. The number of quaternary nitrogens is 1. The molecule has 1 N–H and O–H groups in total. The smallest absolute Gasteiger partial charge is 0.485 e. The zero-order valence-corrected chi connectivity index (χ0v) is 11.7. The first-order valence-electron chi connectivity index (χ1n) is 5.91. The average Bonchev–Trinajstić information content (AvgIpc) is 2.72. The summed E-state index contributed by atoms with van der Waals surface area (Å²) in [4.78, 5) is 3.96. The van der Waals surface area contributed by atoms with Crippen LogP contribution in [0.2, 0.25) is 0 Å². The van der Waals surface area contributed by atoms with Crippen LogP contribution in [0.1, 0.15) is 26.7 Å². The second-order valence-corrected chi connectivity index (χ2v) is 5.41. The van der Waals surface area contributed by atoms with E-state index >= 15 is 0 Å². The van der Waals surface area contributed by atoms with Crippen LogP contribution >= 0.6 is 0 Å². The fourth-order valence-electron chi connectivity index (χ4n) is 1.36. The number of rotatable bonds is 4. The van der Waals surface area contributed by atoms with E-state index in [4.69, 9.17) is 13.0 Å². The van der Waals surface area contributed by atoms with Gasteiger partial charge in [0.05, 0.1) is 12.7 Å². The van der Waals surface area contributed by atoms with Gasteiger partial charge in [0.15, 0.2) is 16.8 Å². The van der Waals surface area contributed by atoms with Crippen molar-refractivity contribution in [3.8, 4) is 0 Å². The van der Waals surface area contributed by atoms with Gasteiger partial charge in [-0.1, -0.05) is 13.3 Å². The van der Waals surface area contributed by atoms with Crippen molar-refractivity contribution >= 4 is 10.1 Å². The fraction of sp³-hybridized carbons (Fsp3) is 0.800. The third-order valence-electron chi connectivity index (χ3n) is 2.47. The molecule has 5 nitrogen and oxygen atoms in total. The highest BCUT2D eigenvalue weighted by molar-refractivity contribution is 7.86. The van der Waals surface area contributed by atoms with Crippen LogP contribution in [0.15, 0.2) is 12.4 Å². The number of alkyl halides is 3. The maximum atomic E-state index is 10.7. The molecule has 1 rings (SSSR count). The summed E-state index contributed by atoms with van der Waals surface area (Å²) in [7, 11) is -6.09. The molecule has 114 valence electrons. The molecule has 19 heavy (non-hydrogen) atoms. The number of hydrogen-bond donors (Lipinski definition) is 1. The first-order valence-corrected chi connectivity index (χ1v) is 7.31. The van der Waals surface area contributed by atoms with Crippen LogP contribution in [-0.4, -0.2) is 43.1 Å². The highest BCUT2D eigenvalue weighted by atomic mass is 32.2. The summed E-state index contributed by atoms with van der Waals surface area (Å²) in [6, 6.07) is 0. The first-order chi connectivity index (χ1) is 8.61. The quantitative estimate of drug-likeness (QED) is 0.606. The first kappa shape index (κ1) is 18.2. The standard InChI is InChI=1S/C9H18N2.CHF3O3S/c1-3-5-6-11-8-7-10(4-2)9-11;2-1(3,4)8(5,6)7/h7-8H,3-6,9H2,1-2H3;(H,5,6,7). The monoisotopic (exact) mass is 304 g/mol. The second kappa shape index (κ2) is 7.71. The van der Waals surface area contributed by atoms with Crippen LogP contribution in [0, 0.1) is 0 Å². The van der Waals surface area contributed by atoms with Gasteiger partial charge in [-0.15, -0.1) is 0 Å².